The minimum Gasteiger partial charge on any atom is -0.466 e. The number of carbonyl (C=O) groups is 2. The molecule has 2 atom stereocenters. The maximum Gasteiger partial charge on any atom is 0.305 e. The molecule has 0 fully saturated rings. The Morgan fingerprint density at radius 2 is 0.658 bits per heavy atom. The van der Waals surface area contributed by atoms with E-state index in [9.17, 15) is 19.8 Å². The summed E-state index contributed by atoms with van der Waals surface area (Å²) in [6.45, 7) is 4.90. The summed E-state index contributed by atoms with van der Waals surface area (Å²) in [5.74, 6) is -0.0723. The molecule has 0 spiro atoms. The first-order valence-corrected chi connectivity index (χ1v) is 34.3. The Morgan fingerprint density at radius 1 is 0.368 bits per heavy atom. The summed E-state index contributed by atoms with van der Waals surface area (Å²) in [7, 11) is 0. The maximum absolute atomic E-state index is 12.5. The second kappa shape index (κ2) is 65.6. The van der Waals surface area contributed by atoms with Crippen molar-refractivity contribution >= 4 is 11.9 Å². The summed E-state index contributed by atoms with van der Waals surface area (Å²) in [6.07, 6.45) is 83.4. The Morgan fingerprint density at radius 3 is 1.03 bits per heavy atom. The van der Waals surface area contributed by atoms with Gasteiger partial charge >= 0.3 is 5.97 Å². The van der Waals surface area contributed by atoms with Crippen molar-refractivity contribution in [1.82, 2.24) is 5.32 Å². The van der Waals surface area contributed by atoms with Crippen LogP contribution in [0.15, 0.2) is 36.5 Å². The topological polar surface area (TPSA) is 95.9 Å². The van der Waals surface area contributed by atoms with Crippen LogP contribution in [0, 0.1) is 0 Å². The van der Waals surface area contributed by atoms with E-state index >= 15 is 0 Å². The van der Waals surface area contributed by atoms with Crippen LogP contribution in [0.3, 0.4) is 0 Å². The summed E-state index contributed by atoms with van der Waals surface area (Å²) in [5, 5.41) is 23.3. The van der Waals surface area contributed by atoms with Crippen LogP contribution >= 0.6 is 0 Å². The fraction of sp³-hybridized carbons (Fsp3) is 0.886. The van der Waals surface area contributed by atoms with Crippen molar-refractivity contribution in [3.8, 4) is 0 Å². The highest BCUT2D eigenvalue weighted by Crippen LogP contribution is 2.18. The fourth-order valence-corrected chi connectivity index (χ4v) is 10.7. The molecule has 0 aliphatic rings. The van der Waals surface area contributed by atoms with Crippen LogP contribution in [-0.2, 0) is 14.3 Å². The van der Waals surface area contributed by atoms with Crippen LogP contribution in [0.1, 0.15) is 373 Å². The lowest BCUT2D eigenvalue weighted by Crippen LogP contribution is -2.45. The molecular weight excluding hydrogens is 935 g/mol. The minimum absolute atomic E-state index is 0.00254. The van der Waals surface area contributed by atoms with Gasteiger partial charge in [0.2, 0.25) is 5.91 Å². The first kappa shape index (κ1) is 74.1. The Bertz CT molecular complexity index is 1230. The van der Waals surface area contributed by atoms with Gasteiger partial charge in [-0.25, -0.2) is 0 Å². The minimum atomic E-state index is -0.850. The second-order valence-electron chi connectivity index (χ2n) is 23.5. The predicted octanol–water partition coefficient (Wildman–Crippen LogP) is 21.9. The zero-order chi connectivity index (χ0) is 55.0. The van der Waals surface area contributed by atoms with Gasteiger partial charge in [-0.1, -0.05) is 333 Å². The van der Waals surface area contributed by atoms with Gasteiger partial charge in [0.25, 0.3) is 0 Å². The highest BCUT2D eigenvalue weighted by molar-refractivity contribution is 5.76. The van der Waals surface area contributed by atoms with Gasteiger partial charge in [-0.3, -0.25) is 9.59 Å². The van der Waals surface area contributed by atoms with Gasteiger partial charge in [0.05, 0.1) is 25.4 Å². The Balaban J connectivity index is 3.44. The van der Waals surface area contributed by atoms with Gasteiger partial charge in [0.1, 0.15) is 0 Å². The first-order chi connectivity index (χ1) is 37.5. The van der Waals surface area contributed by atoms with Crippen molar-refractivity contribution in [1.29, 1.82) is 0 Å². The van der Waals surface area contributed by atoms with E-state index in [0.29, 0.717) is 19.4 Å². The quantitative estimate of drug-likeness (QED) is 0.0320. The lowest BCUT2D eigenvalue weighted by atomic mass is 10.0. The number of allylic oxidation sites excluding steroid dienone is 5. The van der Waals surface area contributed by atoms with Crippen molar-refractivity contribution < 1.29 is 24.5 Å². The molecule has 0 radical (unpaired) electrons. The maximum atomic E-state index is 12.5. The van der Waals surface area contributed by atoms with Gasteiger partial charge in [-0.2, -0.15) is 0 Å². The predicted molar refractivity (Wildman–Crippen MR) is 333 cm³/mol. The third kappa shape index (κ3) is 61.3. The number of rotatable bonds is 64. The van der Waals surface area contributed by atoms with Crippen LogP contribution in [0.25, 0.3) is 0 Å². The van der Waals surface area contributed by atoms with E-state index in [-0.39, 0.29) is 18.5 Å². The second-order valence-corrected chi connectivity index (χ2v) is 23.5. The average Bonchev–Trinajstić information content (AvgIpc) is 3.42. The molecule has 1 amide bonds. The van der Waals surface area contributed by atoms with E-state index in [4.69, 9.17) is 4.74 Å². The Kier molecular flexibility index (Phi) is 63.9. The molecule has 0 aliphatic heterocycles. The zero-order valence-corrected chi connectivity index (χ0v) is 51.3. The summed E-state index contributed by atoms with van der Waals surface area (Å²) in [4.78, 5) is 24.6. The standard InChI is InChI=1S/C70H133NO5/c1-3-5-7-9-11-13-15-17-19-21-22-23-24-25-26-27-28-31-34-38-42-46-50-54-58-62-68(73)67(66-72)71-69(74)63-59-55-51-47-43-39-35-32-29-33-37-41-45-49-53-57-61-65-76-70(75)64-60-56-52-48-44-40-36-30-20-18-16-14-12-10-8-6-4-2/h12,14,18,20,58,62,67-68,72-73H,3-11,13,15-17,19,21-57,59-61,63-66H2,1-2H3,(H,71,74)/b14-12-,20-18-,62-58+. The third-order valence-electron chi connectivity index (χ3n) is 15.9. The molecule has 0 rings (SSSR count). The molecule has 0 saturated heterocycles. The monoisotopic (exact) mass is 1070 g/mol. The highest BCUT2D eigenvalue weighted by Gasteiger charge is 2.18. The van der Waals surface area contributed by atoms with Gasteiger partial charge in [0.15, 0.2) is 0 Å². The zero-order valence-electron chi connectivity index (χ0n) is 51.3. The van der Waals surface area contributed by atoms with Crippen LogP contribution < -0.4 is 5.32 Å². The molecule has 2 unspecified atom stereocenters. The number of carbonyl (C=O) groups excluding carboxylic acids is 2. The molecule has 0 aromatic carbocycles. The first-order valence-electron chi connectivity index (χ1n) is 34.3. The van der Waals surface area contributed by atoms with E-state index in [1.165, 1.54) is 295 Å². The van der Waals surface area contributed by atoms with Crippen LogP contribution in [-0.4, -0.2) is 47.4 Å². The molecule has 0 heterocycles. The number of esters is 1. The fourth-order valence-electron chi connectivity index (χ4n) is 10.7. The van der Waals surface area contributed by atoms with Crippen molar-refractivity contribution in [2.24, 2.45) is 0 Å². The Labute approximate surface area is 474 Å². The van der Waals surface area contributed by atoms with Crippen molar-refractivity contribution in [2.45, 2.75) is 386 Å². The highest BCUT2D eigenvalue weighted by atomic mass is 16.5. The molecule has 0 aliphatic carbocycles. The SMILES string of the molecule is CCCCC/C=C\C/C=C\CCCCCCCCCC(=O)OCCCCCCCCCCCCCCCCCCCC(=O)NC(CO)C(O)/C=C/CCCCCCCCCCCCCCCCCCCCCCCCC. The number of aliphatic hydroxyl groups excluding tert-OH is 2. The van der Waals surface area contributed by atoms with E-state index < -0.39 is 12.1 Å². The molecule has 6 nitrogen and oxygen atoms in total. The van der Waals surface area contributed by atoms with E-state index in [1.807, 2.05) is 6.08 Å². The van der Waals surface area contributed by atoms with E-state index in [2.05, 4.69) is 43.5 Å². The number of hydrogen-bond donors (Lipinski definition) is 3. The normalized spacial score (nSPS) is 12.7. The van der Waals surface area contributed by atoms with Crippen molar-refractivity contribution in [3.63, 3.8) is 0 Å². The summed E-state index contributed by atoms with van der Waals surface area (Å²) in [5.41, 5.74) is 0. The van der Waals surface area contributed by atoms with Crippen LogP contribution in [0.4, 0.5) is 0 Å². The van der Waals surface area contributed by atoms with E-state index in [1.54, 1.807) is 6.08 Å². The lowest BCUT2D eigenvalue weighted by Gasteiger charge is -2.20. The van der Waals surface area contributed by atoms with Gasteiger partial charge in [0, 0.05) is 12.8 Å². The summed E-state index contributed by atoms with van der Waals surface area (Å²) < 4.78 is 5.49. The molecule has 0 saturated carbocycles. The number of unbranched alkanes of at least 4 members (excludes halogenated alkanes) is 49. The molecular formula is C70H133NO5. The molecule has 6 heteroatoms. The van der Waals surface area contributed by atoms with Crippen molar-refractivity contribution in [3.05, 3.63) is 36.5 Å². The van der Waals surface area contributed by atoms with Gasteiger partial charge in [-0.05, 0) is 64.2 Å². The number of amides is 1. The van der Waals surface area contributed by atoms with Gasteiger partial charge < -0.3 is 20.3 Å². The van der Waals surface area contributed by atoms with Crippen LogP contribution in [0.2, 0.25) is 0 Å². The smallest absolute Gasteiger partial charge is 0.305 e. The number of nitrogens with one attached hydrogen (secondary N) is 1. The molecule has 3 N–H and O–H groups in total. The number of ether oxygens (including phenoxy) is 1. The lowest BCUT2D eigenvalue weighted by molar-refractivity contribution is -0.143. The number of hydrogen-bond acceptors (Lipinski definition) is 5. The molecule has 0 bridgehead atoms. The molecule has 0 aromatic heterocycles. The molecule has 0 aromatic rings. The molecule has 448 valence electrons. The molecule has 76 heavy (non-hydrogen) atoms. The largest absolute Gasteiger partial charge is 0.466 e. The van der Waals surface area contributed by atoms with E-state index in [0.717, 1.165) is 51.4 Å². The van der Waals surface area contributed by atoms with Crippen LogP contribution in [0.5, 0.6) is 0 Å². The average molecular weight is 1070 g/mol. The Hall–Kier alpha value is -1.92. The summed E-state index contributed by atoms with van der Waals surface area (Å²) in [6, 6.07) is -0.634. The van der Waals surface area contributed by atoms with Crippen molar-refractivity contribution in [2.75, 3.05) is 13.2 Å². The summed E-state index contributed by atoms with van der Waals surface area (Å²) >= 11 is 0. The third-order valence-corrected chi connectivity index (χ3v) is 15.9. The van der Waals surface area contributed by atoms with Gasteiger partial charge in [-0.15, -0.1) is 0 Å². The number of aliphatic hydroxyl groups is 2.